The number of halogens is 5. The Hall–Kier alpha value is -0.270. The van der Waals surface area contributed by atoms with E-state index in [1.54, 1.807) is 0 Å². The molecule has 0 unspecified atom stereocenters. The molecule has 1 aromatic rings. The van der Waals surface area contributed by atoms with Crippen molar-refractivity contribution < 1.29 is 17.9 Å². The highest BCUT2D eigenvalue weighted by Gasteiger charge is 2.38. The largest absolute Gasteiger partial charge is 0.494 e. The molecule has 1 atom stereocenters. The quantitative estimate of drug-likeness (QED) is 0.868. The van der Waals surface area contributed by atoms with Gasteiger partial charge in [-0.05, 0) is 49.6 Å². The van der Waals surface area contributed by atoms with E-state index in [1.807, 2.05) is 0 Å². The summed E-state index contributed by atoms with van der Waals surface area (Å²) in [5, 5.41) is 0. The maximum Gasteiger partial charge on any atom is 0.407 e. The van der Waals surface area contributed by atoms with E-state index in [0.29, 0.717) is 14.7 Å². The van der Waals surface area contributed by atoms with E-state index in [-0.39, 0.29) is 5.56 Å². The van der Waals surface area contributed by atoms with Crippen LogP contribution < -0.4 is 10.5 Å². The van der Waals surface area contributed by atoms with Gasteiger partial charge in [-0.25, -0.2) is 0 Å². The van der Waals surface area contributed by atoms with Crippen molar-refractivity contribution in [2.45, 2.75) is 12.2 Å². The van der Waals surface area contributed by atoms with E-state index in [1.165, 1.54) is 19.2 Å². The molecule has 0 saturated carbocycles. The van der Waals surface area contributed by atoms with Crippen LogP contribution in [0.5, 0.6) is 5.75 Å². The summed E-state index contributed by atoms with van der Waals surface area (Å²) in [6.07, 6.45) is -4.46. The second-order valence-electron chi connectivity index (χ2n) is 3.04. The van der Waals surface area contributed by atoms with Crippen LogP contribution in [0.4, 0.5) is 13.2 Å². The van der Waals surface area contributed by atoms with Crippen LogP contribution in [0.25, 0.3) is 0 Å². The number of rotatable bonds is 2. The molecule has 0 aliphatic carbocycles. The Bertz CT molecular complexity index is 372. The Morgan fingerprint density at radius 1 is 1.25 bits per heavy atom. The Kier molecular flexibility index (Phi) is 4.25. The summed E-state index contributed by atoms with van der Waals surface area (Å²) in [4.78, 5) is 0. The van der Waals surface area contributed by atoms with Crippen LogP contribution >= 0.6 is 31.9 Å². The monoisotopic (exact) mass is 361 g/mol. The first-order valence-corrected chi connectivity index (χ1v) is 5.71. The first-order valence-electron chi connectivity index (χ1n) is 4.12. The van der Waals surface area contributed by atoms with Gasteiger partial charge in [-0.2, -0.15) is 13.2 Å². The minimum Gasteiger partial charge on any atom is -0.494 e. The molecular formula is C9H8Br2F3NO. The standard InChI is InChI=1S/C9H8Br2F3NO/c1-16-7-5(10)2-4(3-6(7)11)8(15)9(12,13)14/h2-3,8H,15H2,1H3/t8-/m0/s1. The molecule has 0 aliphatic rings. The summed E-state index contributed by atoms with van der Waals surface area (Å²) in [7, 11) is 1.42. The molecule has 0 amide bonds. The van der Waals surface area contributed by atoms with Crippen molar-refractivity contribution in [1.29, 1.82) is 0 Å². The molecule has 1 aromatic carbocycles. The average molecular weight is 363 g/mol. The number of hydrogen-bond acceptors (Lipinski definition) is 2. The topological polar surface area (TPSA) is 35.2 Å². The molecule has 0 bridgehead atoms. The van der Waals surface area contributed by atoms with E-state index in [4.69, 9.17) is 10.5 Å². The fraction of sp³-hybridized carbons (Fsp3) is 0.333. The molecule has 2 N–H and O–H groups in total. The average Bonchev–Trinajstić information content (AvgIpc) is 2.14. The predicted molar refractivity (Wildman–Crippen MR) is 61.4 cm³/mol. The van der Waals surface area contributed by atoms with E-state index in [2.05, 4.69) is 31.9 Å². The SMILES string of the molecule is COc1c(Br)cc([C@H](N)C(F)(F)F)cc1Br. The van der Waals surface area contributed by atoms with Gasteiger partial charge in [-0.3, -0.25) is 0 Å². The number of ether oxygens (including phenoxy) is 1. The third kappa shape index (κ3) is 2.89. The lowest BCUT2D eigenvalue weighted by molar-refractivity contribution is -0.149. The molecule has 7 heteroatoms. The normalized spacial score (nSPS) is 13.7. The molecule has 2 nitrogen and oxygen atoms in total. The van der Waals surface area contributed by atoms with Crippen molar-refractivity contribution in [2.75, 3.05) is 7.11 Å². The number of methoxy groups -OCH3 is 1. The zero-order valence-electron chi connectivity index (χ0n) is 8.11. The summed E-state index contributed by atoms with van der Waals surface area (Å²) < 4.78 is 43.0. The molecule has 0 saturated heterocycles. The lowest BCUT2D eigenvalue weighted by Crippen LogP contribution is -2.28. The molecule has 0 spiro atoms. The van der Waals surface area contributed by atoms with Gasteiger partial charge in [0.05, 0.1) is 16.1 Å². The van der Waals surface area contributed by atoms with Gasteiger partial charge in [0.15, 0.2) is 0 Å². The smallest absolute Gasteiger partial charge is 0.407 e. The van der Waals surface area contributed by atoms with Crippen molar-refractivity contribution in [2.24, 2.45) is 5.73 Å². The summed E-state index contributed by atoms with van der Waals surface area (Å²) in [5.41, 5.74) is 5.06. The van der Waals surface area contributed by atoms with E-state index in [9.17, 15) is 13.2 Å². The maximum absolute atomic E-state index is 12.4. The Morgan fingerprint density at radius 3 is 2.00 bits per heavy atom. The van der Waals surface area contributed by atoms with Crippen LogP contribution in [0.1, 0.15) is 11.6 Å². The van der Waals surface area contributed by atoms with Crippen LogP contribution in [0, 0.1) is 0 Å². The van der Waals surface area contributed by atoms with Crippen molar-refractivity contribution >= 4 is 31.9 Å². The first-order chi connectivity index (χ1) is 7.27. The van der Waals surface area contributed by atoms with Crippen LogP contribution in [-0.4, -0.2) is 13.3 Å². The predicted octanol–water partition coefficient (Wildman–Crippen LogP) is 3.78. The second-order valence-corrected chi connectivity index (χ2v) is 4.75. The highest BCUT2D eigenvalue weighted by molar-refractivity contribution is 9.11. The summed E-state index contributed by atoms with van der Waals surface area (Å²) in [5.74, 6) is 0.429. The lowest BCUT2D eigenvalue weighted by atomic mass is 10.1. The van der Waals surface area contributed by atoms with Crippen LogP contribution in [0.2, 0.25) is 0 Å². The summed E-state index contributed by atoms with van der Waals surface area (Å²) >= 11 is 6.23. The number of hydrogen-bond donors (Lipinski definition) is 1. The molecule has 0 radical (unpaired) electrons. The van der Waals surface area contributed by atoms with Gasteiger partial charge in [0.2, 0.25) is 0 Å². The van der Waals surface area contributed by atoms with E-state index >= 15 is 0 Å². The number of alkyl halides is 3. The minimum atomic E-state index is -4.46. The lowest BCUT2D eigenvalue weighted by Gasteiger charge is -2.17. The fourth-order valence-corrected chi connectivity index (χ4v) is 2.69. The van der Waals surface area contributed by atoms with Gasteiger partial charge >= 0.3 is 6.18 Å². The van der Waals surface area contributed by atoms with Crippen molar-refractivity contribution in [1.82, 2.24) is 0 Å². The Balaban J connectivity index is 3.19. The third-order valence-corrected chi connectivity index (χ3v) is 3.11. The van der Waals surface area contributed by atoms with Gasteiger partial charge in [0, 0.05) is 0 Å². The van der Waals surface area contributed by atoms with Crippen LogP contribution in [0.3, 0.4) is 0 Å². The van der Waals surface area contributed by atoms with Gasteiger partial charge in [-0.15, -0.1) is 0 Å². The highest BCUT2D eigenvalue weighted by Crippen LogP contribution is 2.39. The summed E-state index contributed by atoms with van der Waals surface area (Å²) in [6, 6.07) is 0.578. The van der Waals surface area contributed by atoms with E-state index < -0.39 is 12.2 Å². The zero-order chi connectivity index (χ0) is 12.5. The molecule has 0 aliphatic heterocycles. The van der Waals surface area contributed by atoms with Crippen LogP contribution in [0.15, 0.2) is 21.1 Å². The van der Waals surface area contributed by atoms with E-state index in [0.717, 1.165) is 0 Å². The Morgan fingerprint density at radius 2 is 1.69 bits per heavy atom. The number of benzene rings is 1. The van der Waals surface area contributed by atoms with Crippen molar-refractivity contribution in [3.8, 4) is 5.75 Å². The Labute approximate surface area is 107 Å². The first kappa shape index (κ1) is 13.8. The van der Waals surface area contributed by atoms with Crippen molar-refractivity contribution in [3.05, 3.63) is 26.6 Å². The van der Waals surface area contributed by atoms with Gasteiger partial charge in [0.25, 0.3) is 0 Å². The van der Waals surface area contributed by atoms with Crippen LogP contribution in [-0.2, 0) is 0 Å². The van der Waals surface area contributed by atoms with Crippen molar-refractivity contribution in [3.63, 3.8) is 0 Å². The molecular weight excluding hydrogens is 355 g/mol. The highest BCUT2D eigenvalue weighted by atomic mass is 79.9. The minimum absolute atomic E-state index is 0.0351. The maximum atomic E-state index is 12.4. The second kappa shape index (κ2) is 4.93. The van der Waals surface area contributed by atoms with Gasteiger partial charge < -0.3 is 10.5 Å². The fourth-order valence-electron chi connectivity index (χ4n) is 1.14. The molecule has 0 heterocycles. The molecule has 0 aromatic heterocycles. The van der Waals surface area contributed by atoms with Gasteiger partial charge in [-0.1, -0.05) is 0 Å². The number of nitrogens with two attached hydrogens (primary N) is 1. The third-order valence-electron chi connectivity index (χ3n) is 1.94. The molecule has 90 valence electrons. The summed E-state index contributed by atoms with van der Waals surface area (Å²) in [6.45, 7) is 0. The molecule has 16 heavy (non-hydrogen) atoms. The molecule has 0 fully saturated rings. The zero-order valence-corrected chi connectivity index (χ0v) is 11.3. The van der Waals surface area contributed by atoms with Gasteiger partial charge in [0.1, 0.15) is 11.8 Å². The molecule has 1 rings (SSSR count).